The first-order valence-electron chi connectivity index (χ1n) is 10.1. The molecule has 1 aromatic heterocycles. The van der Waals surface area contributed by atoms with E-state index in [2.05, 4.69) is 48.4 Å². The number of hydrogen-bond donors (Lipinski definition) is 1. The van der Waals surface area contributed by atoms with E-state index in [4.69, 9.17) is 4.74 Å². The second-order valence-corrected chi connectivity index (χ2v) is 8.30. The van der Waals surface area contributed by atoms with Crippen LogP contribution in [0.2, 0.25) is 0 Å². The molecular formula is C23H28N4O2S. The van der Waals surface area contributed by atoms with Gasteiger partial charge in [0.1, 0.15) is 12.4 Å². The van der Waals surface area contributed by atoms with E-state index in [-0.39, 0.29) is 11.7 Å². The van der Waals surface area contributed by atoms with Crippen molar-refractivity contribution in [3.05, 3.63) is 65.5 Å². The molecule has 0 atom stereocenters. The Labute approximate surface area is 182 Å². The first-order valence-corrected chi connectivity index (χ1v) is 11.1. The number of rotatable bonds is 9. The van der Waals surface area contributed by atoms with Crippen LogP contribution in [0.1, 0.15) is 43.6 Å². The number of ether oxygens (including phenoxy) is 1. The van der Waals surface area contributed by atoms with Crippen molar-refractivity contribution in [1.29, 1.82) is 0 Å². The SMILES string of the molecule is CCc1ccc(NC(=O)CSc2nnc(COc3ccc(C(C)C)cc3)n2C)cc1. The van der Waals surface area contributed by atoms with Crippen molar-refractivity contribution in [2.75, 3.05) is 11.1 Å². The third-order valence-electron chi connectivity index (χ3n) is 4.82. The highest BCUT2D eigenvalue weighted by molar-refractivity contribution is 7.99. The van der Waals surface area contributed by atoms with Gasteiger partial charge in [-0.05, 0) is 47.7 Å². The summed E-state index contributed by atoms with van der Waals surface area (Å²) in [7, 11) is 1.88. The van der Waals surface area contributed by atoms with Crippen LogP contribution in [0, 0.1) is 0 Å². The molecule has 0 saturated carbocycles. The predicted octanol–water partition coefficient (Wildman–Crippen LogP) is 4.81. The highest BCUT2D eigenvalue weighted by atomic mass is 32.2. The minimum Gasteiger partial charge on any atom is -0.486 e. The molecule has 2 aromatic carbocycles. The van der Waals surface area contributed by atoms with Gasteiger partial charge in [-0.15, -0.1) is 10.2 Å². The van der Waals surface area contributed by atoms with Gasteiger partial charge < -0.3 is 14.6 Å². The third-order valence-corrected chi connectivity index (χ3v) is 5.84. The van der Waals surface area contributed by atoms with E-state index < -0.39 is 0 Å². The molecule has 0 spiro atoms. The lowest BCUT2D eigenvalue weighted by Crippen LogP contribution is -2.14. The number of nitrogens with zero attached hydrogens (tertiary/aromatic N) is 3. The largest absolute Gasteiger partial charge is 0.486 e. The Bertz CT molecular complexity index is 966. The first-order chi connectivity index (χ1) is 14.5. The fourth-order valence-electron chi connectivity index (χ4n) is 2.84. The summed E-state index contributed by atoms with van der Waals surface area (Å²) in [5, 5.41) is 12.0. The van der Waals surface area contributed by atoms with E-state index in [0.717, 1.165) is 17.9 Å². The summed E-state index contributed by atoms with van der Waals surface area (Å²) in [6.45, 7) is 6.75. The van der Waals surface area contributed by atoms with Crippen molar-refractivity contribution in [3.63, 3.8) is 0 Å². The van der Waals surface area contributed by atoms with Crippen molar-refractivity contribution in [1.82, 2.24) is 14.8 Å². The zero-order valence-electron chi connectivity index (χ0n) is 17.9. The van der Waals surface area contributed by atoms with Gasteiger partial charge in [-0.3, -0.25) is 4.79 Å². The molecule has 1 amide bonds. The Morgan fingerprint density at radius 2 is 1.80 bits per heavy atom. The molecule has 0 aliphatic carbocycles. The Kier molecular flexibility index (Phi) is 7.52. The van der Waals surface area contributed by atoms with E-state index in [9.17, 15) is 4.79 Å². The summed E-state index contributed by atoms with van der Waals surface area (Å²) < 4.78 is 7.69. The number of benzene rings is 2. The van der Waals surface area contributed by atoms with Gasteiger partial charge in [0.15, 0.2) is 11.0 Å². The second-order valence-electron chi connectivity index (χ2n) is 7.36. The van der Waals surface area contributed by atoms with E-state index in [1.54, 1.807) is 0 Å². The number of thioether (sulfide) groups is 1. The Hall–Kier alpha value is -2.80. The average molecular weight is 425 g/mol. The van der Waals surface area contributed by atoms with Crippen LogP contribution in [0.25, 0.3) is 0 Å². The maximum Gasteiger partial charge on any atom is 0.234 e. The second kappa shape index (κ2) is 10.3. The van der Waals surface area contributed by atoms with Crippen LogP contribution in [-0.2, 0) is 24.9 Å². The van der Waals surface area contributed by atoms with Gasteiger partial charge in [-0.25, -0.2) is 0 Å². The standard InChI is InChI=1S/C23H28N4O2S/c1-5-17-6-10-19(11-7-17)24-22(28)15-30-23-26-25-21(27(23)4)14-29-20-12-8-18(9-13-20)16(2)3/h6-13,16H,5,14-15H2,1-4H3,(H,24,28). The smallest absolute Gasteiger partial charge is 0.234 e. The lowest BCUT2D eigenvalue weighted by Gasteiger charge is -2.09. The van der Waals surface area contributed by atoms with E-state index in [1.165, 1.54) is 22.9 Å². The zero-order chi connectivity index (χ0) is 21.5. The Morgan fingerprint density at radius 1 is 1.10 bits per heavy atom. The zero-order valence-corrected chi connectivity index (χ0v) is 18.7. The number of aryl methyl sites for hydroxylation is 1. The average Bonchev–Trinajstić information content (AvgIpc) is 3.11. The van der Waals surface area contributed by atoms with Gasteiger partial charge in [-0.2, -0.15) is 0 Å². The van der Waals surface area contributed by atoms with Crippen LogP contribution in [0.3, 0.4) is 0 Å². The maximum atomic E-state index is 12.2. The molecule has 158 valence electrons. The van der Waals surface area contributed by atoms with Crippen molar-refractivity contribution in [2.45, 2.75) is 44.9 Å². The summed E-state index contributed by atoms with van der Waals surface area (Å²) >= 11 is 1.35. The van der Waals surface area contributed by atoms with Crippen molar-refractivity contribution >= 4 is 23.4 Å². The number of hydrogen-bond acceptors (Lipinski definition) is 5. The van der Waals surface area contributed by atoms with E-state index >= 15 is 0 Å². The van der Waals surface area contributed by atoms with E-state index in [0.29, 0.717) is 23.5 Å². The topological polar surface area (TPSA) is 69.0 Å². The molecule has 0 unspecified atom stereocenters. The van der Waals surface area contributed by atoms with Gasteiger partial charge in [0.2, 0.25) is 5.91 Å². The quantitative estimate of drug-likeness (QED) is 0.499. The molecule has 0 aliphatic rings. The van der Waals surface area contributed by atoms with Gasteiger partial charge in [0.05, 0.1) is 5.75 Å². The summed E-state index contributed by atoms with van der Waals surface area (Å²) in [5.74, 6) is 2.19. The molecule has 1 heterocycles. The highest BCUT2D eigenvalue weighted by Crippen LogP contribution is 2.21. The van der Waals surface area contributed by atoms with Gasteiger partial charge in [0.25, 0.3) is 0 Å². The number of amides is 1. The minimum atomic E-state index is -0.0738. The summed E-state index contributed by atoms with van der Waals surface area (Å²) in [4.78, 5) is 12.2. The fraction of sp³-hybridized carbons (Fsp3) is 0.348. The van der Waals surface area contributed by atoms with E-state index in [1.807, 2.05) is 48.0 Å². The van der Waals surface area contributed by atoms with Crippen molar-refractivity contribution < 1.29 is 9.53 Å². The fourth-order valence-corrected chi connectivity index (χ4v) is 3.57. The lowest BCUT2D eigenvalue weighted by atomic mass is 10.0. The Morgan fingerprint density at radius 3 is 2.43 bits per heavy atom. The first kappa shape index (κ1) is 21.9. The van der Waals surface area contributed by atoms with Crippen LogP contribution in [-0.4, -0.2) is 26.4 Å². The molecule has 7 heteroatoms. The minimum absolute atomic E-state index is 0.0738. The summed E-state index contributed by atoms with van der Waals surface area (Å²) in [6, 6.07) is 16.0. The molecule has 0 fully saturated rings. The Balaban J connectivity index is 1.50. The summed E-state index contributed by atoms with van der Waals surface area (Å²) in [5.41, 5.74) is 3.32. The van der Waals surface area contributed by atoms with Crippen LogP contribution in [0.4, 0.5) is 5.69 Å². The monoisotopic (exact) mass is 424 g/mol. The normalized spacial score (nSPS) is 11.0. The van der Waals surface area contributed by atoms with Gasteiger partial charge in [-0.1, -0.05) is 56.8 Å². The molecule has 30 heavy (non-hydrogen) atoms. The molecule has 3 rings (SSSR count). The van der Waals surface area contributed by atoms with Gasteiger partial charge >= 0.3 is 0 Å². The van der Waals surface area contributed by atoms with Crippen molar-refractivity contribution in [3.8, 4) is 5.75 Å². The molecule has 3 aromatic rings. The number of carbonyl (C=O) groups is 1. The number of nitrogens with one attached hydrogen (secondary N) is 1. The molecule has 0 aliphatic heterocycles. The third kappa shape index (κ3) is 5.86. The molecule has 0 radical (unpaired) electrons. The number of carbonyl (C=O) groups excluding carboxylic acids is 1. The van der Waals surface area contributed by atoms with Crippen LogP contribution in [0.5, 0.6) is 5.75 Å². The van der Waals surface area contributed by atoms with Crippen LogP contribution >= 0.6 is 11.8 Å². The number of anilines is 1. The highest BCUT2D eigenvalue weighted by Gasteiger charge is 2.12. The summed E-state index contributed by atoms with van der Waals surface area (Å²) in [6.07, 6.45) is 0.978. The van der Waals surface area contributed by atoms with Crippen LogP contribution in [0.15, 0.2) is 53.7 Å². The predicted molar refractivity (Wildman–Crippen MR) is 121 cm³/mol. The molecular weight excluding hydrogens is 396 g/mol. The van der Waals surface area contributed by atoms with Crippen molar-refractivity contribution in [2.24, 2.45) is 7.05 Å². The lowest BCUT2D eigenvalue weighted by molar-refractivity contribution is -0.113. The maximum absolute atomic E-state index is 12.2. The number of aromatic nitrogens is 3. The molecule has 1 N–H and O–H groups in total. The van der Waals surface area contributed by atoms with Crippen LogP contribution < -0.4 is 10.1 Å². The molecule has 0 bridgehead atoms. The molecule has 6 nitrogen and oxygen atoms in total. The molecule has 0 saturated heterocycles. The van der Waals surface area contributed by atoms with Gasteiger partial charge in [0, 0.05) is 12.7 Å².